The first kappa shape index (κ1) is 14.1. The number of rotatable bonds is 4. The van der Waals surface area contributed by atoms with Gasteiger partial charge in [-0.2, -0.15) is 0 Å². The quantitative estimate of drug-likeness (QED) is 0.884. The summed E-state index contributed by atoms with van der Waals surface area (Å²) in [5, 5.41) is 13.3. The molecule has 0 aromatic heterocycles. The molecule has 1 saturated heterocycles. The largest absolute Gasteiger partial charge is 0.507 e. The fourth-order valence-electron chi connectivity index (χ4n) is 2.49. The smallest absolute Gasteiger partial charge is 0.267 e. The van der Waals surface area contributed by atoms with E-state index in [1.54, 1.807) is 6.07 Å². The lowest BCUT2D eigenvalue weighted by Crippen LogP contribution is -2.35. The Labute approximate surface area is 111 Å². The van der Waals surface area contributed by atoms with Gasteiger partial charge in [0.2, 0.25) is 0 Å². The topological polar surface area (TPSA) is 41.5 Å². The number of halogens is 2. The average molecular weight is 271 g/mol. The summed E-state index contributed by atoms with van der Waals surface area (Å²) < 4.78 is 30.8. The van der Waals surface area contributed by atoms with Crippen LogP contribution in [0.5, 0.6) is 11.5 Å². The van der Waals surface area contributed by atoms with Gasteiger partial charge < -0.3 is 15.2 Å². The Kier molecular flexibility index (Phi) is 4.58. The van der Waals surface area contributed by atoms with Crippen LogP contribution in [0.25, 0.3) is 0 Å². The second-order valence-corrected chi connectivity index (χ2v) is 4.88. The number of aromatic hydroxyl groups is 1. The number of hydrogen-bond donors (Lipinski definition) is 2. The number of phenols is 1. The molecule has 2 rings (SSSR count). The van der Waals surface area contributed by atoms with Crippen LogP contribution in [0.2, 0.25) is 0 Å². The van der Waals surface area contributed by atoms with E-state index in [1.165, 1.54) is 13.2 Å². The molecule has 0 spiro atoms. The minimum absolute atomic E-state index is 0.234. The van der Waals surface area contributed by atoms with Gasteiger partial charge in [-0.25, -0.2) is 8.78 Å². The van der Waals surface area contributed by atoms with Gasteiger partial charge in [0.25, 0.3) is 6.43 Å². The summed E-state index contributed by atoms with van der Waals surface area (Å²) in [5.41, 5.74) is 0.166. The van der Waals surface area contributed by atoms with E-state index >= 15 is 0 Å². The predicted octanol–water partition coefficient (Wildman–Crippen LogP) is 3.02. The summed E-state index contributed by atoms with van der Waals surface area (Å²) in [6.07, 6.45) is 1.12. The summed E-state index contributed by atoms with van der Waals surface area (Å²) in [4.78, 5) is 0. The van der Waals surface area contributed by atoms with Gasteiger partial charge in [-0.05, 0) is 43.5 Å². The van der Waals surface area contributed by atoms with Gasteiger partial charge in [0, 0.05) is 6.04 Å². The van der Waals surface area contributed by atoms with E-state index in [1.807, 2.05) is 0 Å². The zero-order valence-electron chi connectivity index (χ0n) is 11.0. The molecule has 1 aliphatic heterocycles. The summed E-state index contributed by atoms with van der Waals surface area (Å²) in [6.45, 7) is 0.942. The minimum Gasteiger partial charge on any atom is -0.507 e. The third-order valence-electron chi connectivity index (χ3n) is 3.54. The van der Waals surface area contributed by atoms with Gasteiger partial charge in [-0.1, -0.05) is 6.42 Å². The molecular formula is C14H19F2NO2. The number of phenolic OH excluding ortho intramolecular Hbond substituents is 1. The predicted molar refractivity (Wildman–Crippen MR) is 69.0 cm³/mol. The van der Waals surface area contributed by atoms with Crippen molar-refractivity contribution in [2.45, 2.75) is 38.2 Å². The van der Waals surface area contributed by atoms with Gasteiger partial charge >= 0.3 is 0 Å². The van der Waals surface area contributed by atoms with Crippen molar-refractivity contribution in [3.05, 3.63) is 23.3 Å². The van der Waals surface area contributed by atoms with Crippen molar-refractivity contribution in [1.29, 1.82) is 0 Å². The lowest BCUT2D eigenvalue weighted by atomic mass is 9.95. The number of benzene rings is 1. The molecule has 3 nitrogen and oxygen atoms in total. The Morgan fingerprint density at radius 3 is 2.79 bits per heavy atom. The lowest BCUT2D eigenvalue weighted by molar-refractivity contribution is 0.146. The van der Waals surface area contributed by atoms with Crippen molar-refractivity contribution in [3.8, 4) is 11.5 Å². The second-order valence-electron chi connectivity index (χ2n) is 4.88. The molecule has 1 heterocycles. The zero-order valence-corrected chi connectivity index (χ0v) is 11.0. The van der Waals surface area contributed by atoms with E-state index < -0.39 is 6.43 Å². The maximum Gasteiger partial charge on any atom is 0.267 e. The Hall–Kier alpha value is -1.36. The Balaban J connectivity index is 2.24. The SMILES string of the molecule is COc1cc(CC2CCCCN2)c(O)c(C(F)F)c1. The Bertz CT molecular complexity index is 432. The summed E-state index contributed by atoms with van der Waals surface area (Å²) in [5.74, 6) is 0.0575. The number of alkyl halides is 2. The fourth-order valence-corrected chi connectivity index (χ4v) is 2.49. The molecule has 5 heteroatoms. The molecule has 0 amide bonds. The molecule has 1 aliphatic rings. The highest BCUT2D eigenvalue weighted by molar-refractivity contribution is 5.47. The maximum atomic E-state index is 12.9. The molecule has 106 valence electrons. The highest BCUT2D eigenvalue weighted by atomic mass is 19.3. The van der Waals surface area contributed by atoms with E-state index in [0.717, 1.165) is 25.8 Å². The highest BCUT2D eigenvalue weighted by Crippen LogP contribution is 2.36. The number of hydrogen-bond acceptors (Lipinski definition) is 3. The normalized spacial score (nSPS) is 19.7. The van der Waals surface area contributed by atoms with Gasteiger partial charge in [-0.3, -0.25) is 0 Å². The first-order chi connectivity index (χ1) is 9.11. The first-order valence-electron chi connectivity index (χ1n) is 6.53. The minimum atomic E-state index is -2.70. The molecule has 1 fully saturated rings. The molecule has 1 unspecified atom stereocenters. The molecule has 19 heavy (non-hydrogen) atoms. The molecular weight excluding hydrogens is 252 g/mol. The highest BCUT2D eigenvalue weighted by Gasteiger charge is 2.21. The van der Waals surface area contributed by atoms with Crippen LogP contribution in [0.1, 0.15) is 36.8 Å². The third-order valence-corrected chi connectivity index (χ3v) is 3.54. The van der Waals surface area contributed by atoms with E-state index in [2.05, 4.69) is 5.32 Å². The van der Waals surface area contributed by atoms with E-state index in [0.29, 0.717) is 17.7 Å². The standard InChI is InChI=1S/C14H19F2NO2/c1-19-11-7-9(6-10-4-2-3-5-17-10)13(18)12(8-11)14(15)16/h7-8,10,14,17-18H,2-6H2,1H3. The van der Waals surface area contributed by atoms with Crippen LogP contribution in [-0.2, 0) is 6.42 Å². The van der Waals surface area contributed by atoms with Crippen molar-refractivity contribution >= 4 is 0 Å². The second kappa shape index (κ2) is 6.19. The molecule has 1 atom stereocenters. The Morgan fingerprint density at radius 2 is 2.21 bits per heavy atom. The van der Waals surface area contributed by atoms with Crippen LogP contribution < -0.4 is 10.1 Å². The average Bonchev–Trinajstić information content (AvgIpc) is 2.42. The van der Waals surface area contributed by atoms with Gasteiger partial charge in [0.1, 0.15) is 11.5 Å². The monoisotopic (exact) mass is 271 g/mol. The van der Waals surface area contributed by atoms with E-state index in [9.17, 15) is 13.9 Å². The lowest BCUT2D eigenvalue weighted by Gasteiger charge is -2.24. The zero-order chi connectivity index (χ0) is 13.8. The first-order valence-corrected chi connectivity index (χ1v) is 6.53. The van der Waals surface area contributed by atoms with E-state index in [-0.39, 0.29) is 17.4 Å². The van der Waals surface area contributed by atoms with Crippen molar-refractivity contribution in [2.24, 2.45) is 0 Å². The van der Waals surface area contributed by atoms with Crippen LogP contribution in [0.4, 0.5) is 8.78 Å². The van der Waals surface area contributed by atoms with Crippen LogP contribution in [0.15, 0.2) is 12.1 Å². The van der Waals surface area contributed by atoms with Crippen LogP contribution in [0, 0.1) is 0 Å². The van der Waals surface area contributed by atoms with Crippen LogP contribution in [-0.4, -0.2) is 24.8 Å². The Morgan fingerprint density at radius 1 is 1.42 bits per heavy atom. The maximum absolute atomic E-state index is 12.9. The molecule has 1 aromatic carbocycles. The van der Waals surface area contributed by atoms with Crippen molar-refractivity contribution < 1.29 is 18.6 Å². The molecule has 1 aromatic rings. The number of piperidine rings is 1. The van der Waals surface area contributed by atoms with Gasteiger partial charge in [0.15, 0.2) is 0 Å². The molecule has 0 saturated carbocycles. The number of methoxy groups -OCH3 is 1. The van der Waals surface area contributed by atoms with Crippen molar-refractivity contribution in [3.63, 3.8) is 0 Å². The van der Waals surface area contributed by atoms with Crippen molar-refractivity contribution in [1.82, 2.24) is 5.32 Å². The summed E-state index contributed by atoms with van der Waals surface area (Å²) >= 11 is 0. The molecule has 2 N–H and O–H groups in total. The van der Waals surface area contributed by atoms with Crippen LogP contribution >= 0.6 is 0 Å². The van der Waals surface area contributed by atoms with Crippen molar-refractivity contribution in [2.75, 3.05) is 13.7 Å². The number of nitrogens with one attached hydrogen (secondary N) is 1. The van der Waals surface area contributed by atoms with E-state index in [4.69, 9.17) is 4.74 Å². The van der Waals surface area contributed by atoms with Gasteiger partial charge in [-0.15, -0.1) is 0 Å². The fraction of sp³-hybridized carbons (Fsp3) is 0.571. The molecule has 0 aliphatic carbocycles. The number of ether oxygens (including phenoxy) is 1. The summed E-state index contributed by atoms with van der Waals surface area (Å²) in [7, 11) is 1.43. The molecule has 0 bridgehead atoms. The third kappa shape index (κ3) is 3.35. The molecule has 0 radical (unpaired) electrons. The van der Waals surface area contributed by atoms with Crippen LogP contribution in [0.3, 0.4) is 0 Å². The van der Waals surface area contributed by atoms with Gasteiger partial charge in [0.05, 0.1) is 12.7 Å². The summed E-state index contributed by atoms with van der Waals surface area (Å²) in [6, 6.07) is 3.06.